The number of carbonyl (C=O) groups is 1. The van der Waals surface area contributed by atoms with Gasteiger partial charge in [0.05, 0.1) is 11.5 Å². The van der Waals surface area contributed by atoms with Crippen LogP contribution >= 0.6 is 11.6 Å². The van der Waals surface area contributed by atoms with Crippen LogP contribution in [0.15, 0.2) is 60.9 Å². The van der Waals surface area contributed by atoms with E-state index in [2.05, 4.69) is 15.5 Å². The first-order valence-corrected chi connectivity index (χ1v) is 10.1. The topological polar surface area (TPSA) is 117 Å². The van der Waals surface area contributed by atoms with E-state index in [-0.39, 0.29) is 35.6 Å². The Hall–Kier alpha value is -4.32. The minimum atomic E-state index is -0.703. The third-order valence-electron chi connectivity index (χ3n) is 4.58. The van der Waals surface area contributed by atoms with Crippen LogP contribution in [0.3, 0.4) is 0 Å². The van der Waals surface area contributed by atoms with Crippen LogP contribution in [0.5, 0.6) is 5.75 Å². The molecule has 0 aliphatic rings. The average molecular weight is 489 g/mol. The number of carbonyl (C=O) groups excluding carboxylic acids is 1. The summed E-state index contributed by atoms with van der Waals surface area (Å²) < 4.78 is 35.1. The normalized spacial score (nSPS) is 10.8. The molecule has 4 rings (SSSR count). The highest BCUT2D eigenvalue weighted by molar-refractivity contribution is 6.33. The minimum absolute atomic E-state index is 0.0166. The average Bonchev–Trinajstić information content (AvgIpc) is 3.40. The lowest BCUT2D eigenvalue weighted by atomic mass is 10.2. The Morgan fingerprint density at radius 2 is 1.94 bits per heavy atom. The van der Waals surface area contributed by atoms with Crippen molar-refractivity contribution in [2.75, 3.05) is 5.32 Å². The van der Waals surface area contributed by atoms with E-state index in [0.717, 1.165) is 18.2 Å². The van der Waals surface area contributed by atoms with Crippen molar-refractivity contribution in [1.82, 2.24) is 19.6 Å². The molecular weight excluding hydrogens is 474 g/mol. The number of rotatable bonds is 8. The summed E-state index contributed by atoms with van der Waals surface area (Å²) in [7, 11) is 0. The molecule has 0 aliphatic carbocycles. The molecule has 4 aromatic rings. The number of hydrogen-bond acceptors (Lipinski definition) is 6. The number of nitrogens with one attached hydrogen (secondary N) is 1. The first kappa shape index (κ1) is 22.9. The Bertz CT molecular complexity index is 1370. The molecule has 0 bridgehead atoms. The fraction of sp³-hybridized carbons (Fsp3) is 0.0952. The molecule has 10 nitrogen and oxygen atoms in total. The number of halogens is 3. The summed E-state index contributed by atoms with van der Waals surface area (Å²) in [5.74, 6) is -1.94. The number of benzene rings is 2. The van der Waals surface area contributed by atoms with Gasteiger partial charge in [-0.3, -0.25) is 19.6 Å². The highest BCUT2D eigenvalue weighted by Crippen LogP contribution is 2.27. The van der Waals surface area contributed by atoms with Crippen LogP contribution in [0, 0.1) is 21.7 Å². The Morgan fingerprint density at radius 3 is 2.71 bits per heavy atom. The van der Waals surface area contributed by atoms with E-state index in [1.54, 1.807) is 18.2 Å². The van der Waals surface area contributed by atoms with Crippen LogP contribution in [0.1, 0.15) is 16.1 Å². The predicted molar refractivity (Wildman–Crippen MR) is 117 cm³/mol. The number of anilines is 1. The Labute approximate surface area is 195 Å². The molecule has 0 saturated carbocycles. The van der Waals surface area contributed by atoms with E-state index in [9.17, 15) is 23.7 Å². The van der Waals surface area contributed by atoms with E-state index >= 15 is 0 Å². The zero-order chi connectivity index (χ0) is 24.2. The number of nitrogens with zero attached hydrogens (tertiary/aromatic N) is 5. The van der Waals surface area contributed by atoms with Crippen LogP contribution in [-0.4, -0.2) is 30.4 Å². The Morgan fingerprint density at radius 1 is 1.15 bits per heavy atom. The van der Waals surface area contributed by atoms with Gasteiger partial charge in [-0.15, -0.1) is 0 Å². The van der Waals surface area contributed by atoms with Gasteiger partial charge in [-0.2, -0.15) is 10.2 Å². The maximum absolute atomic E-state index is 13.9. The molecular formula is C21H15ClF2N6O4. The van der Waals surface area contributed by atoms with E-state index < -0.39 is 28.2 Å². The predicted octanol–water partition coefficient (Wildman–Crippen LogP) is 4.26. The molecule has 0 atom stereocenters. The third kappa shape index (κ3) is 5.18. The fourth-order valence-electron chi connectivity index (χ4n) is 2.98. The number of hydrogen-bond donors (Lipinski definition) is 1. The molecule has 2 aromatic carbocycles. The molecule has 1 N–H and O–H groups in total. The molecule has 2 aromatic heterocycles. The highest BCUT2D eigenvalue weighted by Gasteiger charge is 2.18. The number of nitro groups is 1. The summed E-state index contributed by atoms with van der Waals surface area (Å²) in [5, 5.41) is 21.9. The second-order valence-corrected chi connectivity index (χ2v) is 7.36. The quantitative estimate of drug-likeness (QED) is 0.292. The molecule has 13 heteroatoms. The summed E-state index contributed by atoms with van der Waals surface area (Å²) in [5.41, 5.74) is -0.0268. The van der Waals surface area contributed by atoms with Crippen molar-refractivity contribution in [1.29, 1.82) is 0 Å². The van der Waals surface area contributed by atoms with Gasteiger partial charge in [0, 0.05) is 30.1 Å². The van der Waals surface area contributed by atoms with E-state index in [1.807, 2.05) is 0 Å². The van der Waals surface area contributed by atoms with Crippen LogP contribution in [0.25, 0.3) is 0 Å². The van der Waals surface area contributed by atoms with Crippen molar-refractivity contribution in [3.05, 3.63) is 99.0 Å². The van der Waals surface area contributed by atoms with Gasteiger partial charge in [-0.05, 0) is 18.2 Å². The number of nitro benzene ring substituents is 1. The second-order valence-electron chi connectivity index (χ2n) is 6.95. The summed E-state index contributed by atoms with van der Waals surface area (Å²) >= 11 is 6.14. The van der Waals surface area contributed by atoms with Crippen LogP contribution in [0.4, 0.5) is 20.3 Å². The zero-order valence-electron chi connectivity index (χ0n) is 17.2. The molecule has 0 radical (unpaired) electrons. The third-order valence-corrected chi connectivity index (χ3v) is 4.86. The van der Waals surface area contributed by atoms with Gasteiger partial charge < -0.3 is 10.1 Å². The lowest BCUT2D eigenvalue weighted by molar-refractivity contribution is -0.386. The smallest absolute Gasteiger partial charge is 0.311 e. The Balaban J connectivity index is 1.41. The minimum Gasteiger partial charge on any atom is -0.464 e. The van der Waals surface area contributed by atoms with Crippen LogP contribution in [0.2, 0.25) is 5.02 Å². The molecule has 0 aliphatic heterocycles. The summed E-state index contributed by atoms with van der Waals surface area (Å²) in [4.78, 5) is 22.9. The van der Waals surface area contributed by atoms with Gasteiger partial charge in [0.25, 0.3) is 5.91 Å². The van der Waals surface area contributed by atoms with Crippen molar-refractivity contribution in [2.24, 2.45) is 0 Å². The van der Waals surface area contributed by atoms with Gasteiger partial charge in [0.1, 0.15) is 16.7 Å². The van der Waals surface area contributed by atoms with Gasteiger partial charge in [0.15, 0.2) is 18.2 Å². The molecule has 0 spiro atoms. The van der Waals surface area contributed by atoms with Crippen molar-refractivity contribution in [2.45, 2.75) is 13.3 Å². The highest BCUT2D eigenvalue weighted by atomic mass is 35.5. The number of aromatic nitrogens is 4. The summed E-state index contributed by atoms with van der Waals surface area (Å²) in [6, 6.07) is 10.4. The molecule has 174 valence electrons. The SMILES string of the molecule is O=C(Nc1nn(Cc2ccccc2F)cc1Cl)c1ccn(COc2cc(F)ccc2[N+](=O)[O-])n1. The maximum Gasteiger partial charge on any atom is 0.311 e. The lowest BCUT2D eigenvalue weighted by Crippen LogP contribution is -2.15. The largest absolute Gasteiger partial charge is 0.464 e. The van der Waals surface area contributed by atoms with E-state index in [1.165, 1.54) is 33.9 Å². The van der Waals surface area contributed by atoms with E-state index in [4.69, 9.17) is 16.3 Å². The first-order chi connectivity index (χ1) is 16.3. The molecule has 34 heavy (non-hydrogen) atoms. The first-order valence-electron chi connectivity index (χ1n) is 9.68. The Kier molecular flexibility index (Phi) is 6.50. The van der Waals surface area contributed by atoms with Gasteiger partial charge in [0.2, 0.25) is 5.75 Å². The molecule has 2 heterocycles. The fourth-order valence-corrected chi connectivity index (χ4v) is 3.18. The van der Waals surface area contributed by atoms with Gasteiger partial charge >= 0.3 is 5.69 Å². The number of amides is 1. The van der Waals surface area contributed by atoms with Crippen molar-refractivity contribution in [3.63, 3.8) is 0 Å². The van der Waals surface area contributed by atoms with Crippen molar-refractivity contribution < 1.29 is 23.2 Å². The van der Waals surface area contributed by atoms with Crippen LogP contribution < -0.4 is 10.1 Å². The lowest BCUT2D eigenvalue weighted by Gasteiger charge is -2.07. The van der Waals surface area contributed by atoms with Crippen LogP contribution in [-0.2, 0) is 13.3 Å². The standard InChI is InChI=1S/C21H15ClF2N6O4/c22-15-11-29(10-13-3-1-2-4-16(13)24)27-20(15)25-21(31)17-7-8-28(26-17)12-34-19-9-14(23)5-6-18(19)30(32)33/h1-9,11H,10,12H2,(H,25,27,31). The van der Waals surface area contributed by atoms with E-state index in [0.29, 0.717) is 5.56 Å². The molecule has 1 amide bonds. The van der Waals surface area contributed by atoms with Gasteiger partial charge in [-0.1, -0.05) is 29.8 Å². The van der Waals surface area contributed by atoms with Crippen molar-refractivity contribution >= 4 is 29.0 Å². The molecule has 0 unspecified atom stereocenters. The molecule has 0 fully saturated rings. The maximum atomic E-state index is 13.9. The summed E-state index contributed by atoms with van der Waals surface area (Å²) in [6.45, 7) is -0.198. The summed E-state index contributed by atoms with van der Waals surface area (Å²) in [6.07, 6.45) is 2.85. The number of ether oxygens (including phenoxy) is 1. The van der Waals surface area contributed by atoms with Crippen molar-refractivity contribution in [3.8, 4) is 5.75 Å². The zero-order valence-corrected chi connectivity index (χ0v) is 17.9. The van der Waals surface area contributed by atoms with Gasteiger partial charge in [-0.25, -0.2) is 13.5 Å². The second kappa shape index (κ2) is 9.67. The molecule has 0 saturated heterocycles. The monoisotopic (exact) mass is 488 g/mol.